The second kappa shape index (κ2) is 11.0. The molecule has 1 aromatic carbocycles. The van der Waals surface area contributed by atoms with E-state index >= 15 is 0 Å². The molecular formula is C23H32O7S. The molecule has 0 aliphatic carbocycles. The number of thioether (sulfide) groups is 1. The SMILES string of the molecule is CCC(OC(C)=O)C(C)C1O[C@@](Sc2ccccc2)(C(=O)OC)C[C@@H](OC(C)=O)[C@H]1C. The van der Waals surface area contributed by atoms with Gasteiger partial charge in [0.25, 0.3) is 0 Å². The van der Waals surface area contributed by atoms with Crippen LogP contribution in [0.4, 0.5) is 0 Å². The zero-order valence-electron chi connectivity index (χ0n) is 19.0. The molecule has 1 heterocycles. The summed E-state index contributed by atoms with van der Waals surface area (Å²) >= 11 is 1.24. The Morgan fingerprint density at radius 2 is 1.84 bits per heavy atom. The molecule has 0 amide bonds. The fourth-order valence-electron chi connectivity index (χ4n) is 4.05. The molecule has 1 saturated heterocycles. The second-order valence-electron chi connectivity index (χ2n) is 7.87. The minimum atomic E-state index is -1.41. The van der Waals surface area contributed by atoms with Gasteiger partial charge in [-0.1, -0.05) is 50.7 Å². The van der Waals surface area contributed by atoms with Crippen LogP contribution in [0.2, 0.25) is 0 Å². The van der Waals surface area contributed by atoms with Crippen molar-refractivity contribution in [3.8, 4) is 0 Å². The molecule has 3 unspecified atom stereocenters. The van der Waals surface area contributed by atoms with Gasteiger partial charge in [0, 0.05) is 37.0 Å². The van der Waals surface area contributed by atoms with Crippen LogP contribution in [-0.4, -0.2) is 48.3 Å². The van der Waals surface area contributed by atoms with Gasteiger partial charge in [0.2, 0.25) is 4.93 Å². The zero-order valence-corrected chi connectivity index (χ0v) is 19.8. The molecule has 1 fully saturated rings. The molecule has 0 N–H and O–H groups in total. The van der Waals surface area contributed by atoms with E-state index in [2.05, 4.69) is 0 Å². The number of methoxy groups -OCH3 is 1. The Bertz CT molecular complexity index is 768. The molecule has 7 nitrogen and oxygen atoms in total. The van der Waals surface area contributed by atoms with E-state index < -0.39 is 35.2 Å². The van der Waals surface area contributed by atoms with E-state index in [0.29, 0.717) is 6.42 Å². The van der Waals surface area contributed by atoms with Crippen molar-refractivity contribution in [2.45, 2.75) is 75.6 Å². The quantitative estimate of drug-likeness (QED) is 0.432. The maximum absolute atomic E-state index is 13.0. The lowest BCUT2D eigenvalue weighted by atomic mass is 9.81. The third-order valence-corrected chi connectivity index (χ3v) is 6.83. The maximum atomic E-state index is 13.0. The van der Waals surface area contributed by atoms with Gasteiger partial charge in [-0.05, 0) is 18.6 Å². The fraction of sp³-hybridized carbons (Fsp3) is 0.609. The lowest BCUT2D eigenvalue weighted by Crippen LogP contribution is -2.57. The monoisotopic (exact) mass is 452 g/mol. The maximum Gasteiger partial charge on any atom is 0.349 e. The van der Waals surface area contributed by atoms with Gasteiger partial charge in [-0.15, -0.1) is 0 Å². The van der Waals surface area contributed by atoms with Crippen LogP contribution in [0.3, 0.4) is 0 Å². The zero-order chi connectivity index (χ0) is 23.2. The van der Waals surface area contributed by atoms with Crippen molar-refractivity contribution in [1.29, 1.82) is 0 Å². The van der Waals surface area contributed by atoms with Crippen molar-refractivity contribution in [3.63, 3.8) is 0 Å². The highest BCUT2D eigenvalue weighted by Gasteiger charge is 2.55. The second-order valence-corrected chi connectivity index (χ2v) is 9.20. The molecule has 1 aliphatic heterocycles. The van der Waals surface area contributed by atoms with Crippen LogP contribution in [0.1, 0.15) is 47.5 Å². The van der Waals surface area contributed by atoms with Crippen LogP contribution in [0.15, 0.2) is 35.2 Å². The van der Waals surface area contributed by atoms with Gasteiger partial charge >= 0.3 is 17.9 Å². The van der Waals surface area contributed by atoms with E-state index in [1.807, 2.05) is 51.1 Å². The van der Waals surface area contributed by atoms with Gasteiger partial charge in [-0.2, -0.15) is 0 Å². The number of hydrogen-bond acceptors (Lipinski definition) is 8. The van der Waals surface area contributed by atoms with Crippen molar-refractivity contribution >= 4 is 29.7 Å². The number of benzene rings is 1. The Labute approximate surface area is 188 Å². The Morgan fingerprint density at radius 1 is 1.19 bits per heavy atom. The minimum Gasteiger partial charge on any atom is -0.466 e. The largest absolute Gasteiger partial charge is 0.466 e. The standard InChI is InChI=1S/C23H32O7S/c1-7-19(28-16(4)24)14(2)21-15(3)20(29-17(5)25)13-23(30-21,22(26)27-6)31-18-11-9-8-10-12-18/h8-12,14-15,19-21H,7,13H2,1-6H3/t14?,15-,19?,20-,21?,23+/m1/s1. The number of carbonyl (C=O) groups is 3. The van der Waals surface area contributed by atoms with Gasteiger partial charge in [0.1, 0.15) is 12.2 Å². The van der Waals surface area contributed by atoms with Crippen molar-refractivity contribution in [1.82, 2.24) is 0 Å². The molecule has 0 aromatic heterocycles. The smallest absolute Gasteiger partial charge is 0.349 e. The van der Waals surface area contributed by atoms with Crippen LogP contribution in [0.25, 0.3) is 0 Å². The first-order chi connectivity index (χ1) is 14.6. The summed E-state index contributed by atoms with van der Waals surface area (Å²) in [7, 11) is 1.31. The first-order valence-electron chi connectivity index (χ1n) is 10.5. The van der Waals surface area contributed by atoms with Gasteiger partial charge in [0.05, 0.1) is 13.2 Å². The summed E-state index contributed by atoms with van der Waals surface area (Å²) in [6.07, 6.45) is -0.754. The van der Waals surface area contributed by atoms with Gasteiger partial charge in [0.15, 0.2) is 0 Å². The average Bonchev–Trinajstić information content (AvgIpc) is 2.73. The fourth-order valence-corrected chi connectivity index (χ4v) is 5.29. The molecular weight excluding hydrogens is 420 g/mol. The van der Waals surface area contributed by atoms with Crippen molar-refractivity contribution in [2.75, 3.05) is 7.11 Å². The molecule has 8 heteroatoms. The lowest BCUT2D eigenvalue weighted by Gasteiger charge is -2.47. The predicted octanol–water partition coefficient (Wildman–Crippen LogP) is 3.98. The number of carbonyl (C=O) groups excluding carboxylic acids is 3. The summed E-state index contributed by atoms with van der Waals surface area (Å²) in [5.41, 5.74) is 0. The van der Waals surface area contributed by atoms with E-state index in [-0.39, 0.29) is 24.2 Å². The Balaban J connectivity index is 2.47. The molecule has 2 rings (SSSR count). The predicted molar refractivity (Wildman–Crippen MR) is 116 cm³/mol. The first-order valence-corrected chi connectivity index (χ1v) is 11.3. The highest BCUT2D eigenvalue weighted by Crippen LogP contribution is 2.48. The Kier molecular flexibility index (Phi) is 8.94. The molecule has 6 atom stereocenters. The highest BCUT2D eigenvalue weighted by molar-refractivity contribution is 8.01. The first kappa shape index (κ1) is 25.2. The highest BCUT2D eigenvalue weighted by atomic mass is 32.2. The molecule has 0 saturated carbocycles. The number of esters is 3. The summed E-state index contributed by atoms with van der Waals surface area (Å²) in [5.74, 6) is -1.83. The summed E-state index contributed by atoms with van der Waals surface area (Å²) in [4.78, 5) is 35.9. The van der Waals surface area contributed by atoms with Crippen LogP contribution in [-0.2, 0) is 33.3 Å². The third kappa shape index (κ3) is 6.23. The van der Waals surface area contributed by atoms with E-state index in [9.17, 15) is 14.4 Å². The lowest BCUT2D eigenvalue weighted by molar-refractivity contribution is -0.209. The number of ether oxygens (including phenoxy) is 4. The molecule has 0 spiro atoms. The average molecular weight is 453 g/mol. The van der Waals surface area contributed by atoms with Crippen LogP contribution in [0, 0.1) is 11.8 Å². The minimum absolute atomic E-state index is 0.146. The summed E-state index contributed by atoms with van der Waals surface area (Å²) < 4.78 is 22.7. The molecule has 0 radical (unpaired) electrons. The molecule has 172 valence electrons. The van der Waals surface area contributed by atoms with E-state index in [1.54, 1.807) is 0 Å². The van der Waals surface area contributed by atoms with Gasteiger partial charge in [-0.3, -0.25) is 9.59 Å². The Hall–Kier alpha value is -2.06. The summed E-state index contributed by atoms with van der Waals surface area (Å²) in [6.45, 7) is 8.48. The third-order valence-electron chi connectivity index (χ3n) is 5.57. The topological polar surface area (TPSA) is 88.1 Å². The van der Waals surface area contributed by atoms with Crippen molar-refractivity contribution < 1.29 is 33.3 Å². The van der Waals surface area contributed by atoms with E-state index in [0.717, 1.165) is 4.90 Å². The molecule has 31 heavy (non-hydrogen) atoms. The van der Waals surface area contributed by atoms with Crippen LogP contribution >= 0.6 is 11.8 Å². The van der Waals surface area contributed by atoms with Crippen molar-refractivity contribution in [2.24, 2.45) is 11.8 Å². The molecule has 0 bridgehead atoms. The number of rotatable bonds is 8. The van der Waals surface area contributed by atoms with Crippen LogP contribution in [0.5, 0.6) is 0 Å². The molecule has 1 aromatic rings. The summed E-state index contributed by atoms with van der Waals surface area (Å²) in [5, 5.41) is 0. The molecule has 1 aliphatic rings. The van der Waals surface area contributed by atoms with Gasteiger partial charge in [-0.25, -0.2) is 4.79 Å². The van der Waals surface area contributed by atoms with E-state index in [4.69, 9.17) is 18.9 Å². The number of hydrogen-bond donors (Lipinski definition) is 0. The normalized spacial score (nSPS) is 27.6. The van der Waals surface area contributed by atoms with Gasteiger partial charge < -0.3 is 18.9 Å². The Morgan fingerprint density at radius 3 is 2.35 bits per heavy atom. The van der Waals surface area contributed by atoms with Crippen molar-refractivity contribution in [3.05, 3.63) is 30.3 Å². The van der Waals surface area contributed by atoms with Crippen LogP contribution < -0.4 is 0 Å². The summed E-state index contributed by atoms with van der Waals surface area (Å²) in [6, 6.07) is 9.39. The van der Waals surface area contributed by atoms with E-state index in [1.165, 1.54) is 32.7 Å².